The Morgan fingerprint density at radius 3 is 2.44 bits per heavy atom. The fourth-order valence-electron chi connectivity index (χ4n) is 2.70. The number of nitrogens with one attached hydrogen (secondary N) is 1. The number of anilines is 1. The Hall–Kier alpha value is -2.54. The number of carbonyl (C=O) groups excluding carboxylic acids is 1. The van der Waals surface area contributed by atoms with Crippen LogP contribution in [-0.4, -0.2) is 40.8 Å². The number of benzene rings is 2. The predicted molar refractivity (Wildman–Crippen MR) is 108 cm³/mol. The maximum atomic E-state index is 12.1. The molecule has 0 aliphatic carbocycles. The highest BCUT2D eigenvalue weighted by Crippen LogP contribution is 2.19. The summed E-state index contributed by atoms with van der Waals surface area (Å²) in [4.78, 5) is 12.1. The van der Waals surface area contributed by atoms with Crippen molar-refractivity contribution in [2.75, 3.05) is 30.8 Å². The molecule has 146 valence electrons. The summed E-state index contributed by atoms with van der Waals surface area (Å²) in [7, 11) is -1.84. The van der Waals surface area contributed by atoms with Crippen LogP contribution in [0.15, 0.2) is 48.5 Å². The fourth-order valence-corrected chi connectivity index (χ4v) is 3.62. The van der Waals surface area contributed by atoms with Gasteiger partial charge < -0.3 is 10.1 Å². The van der Waals surface area contributed by atoms with Gasteiger partial charge in [-0.05, 0) is 48.7 Å². The van der Waals surface area contributed by atoms with E-state index >= 15 is 0 Å². The molecule has 7 heteroatoms. The van der Waals surface area contributed by atoms with Crippen LogP contribution in [0.4, 0.5) is 5.69 Å². The van der Waals surface area contributed by atoms with Crippen LogP contribution in [0.3, 0.4) is 0 Å². The number of carbonyl (C=O) groups is 1. The first-order valence-corrected chi connectivity index (χ1v) is 10.6. The molecule has 1 N–H and O–H groups in total. The molecule has 0 saturated carbocycles. The molecule has 0 fully saturated rings. The number of sulfonamides is 1. The molecule has 0 aromatic heterocycles. The summed E-state index contributed by atoms with van der Waals surface area (Å²) in [6.07, 6.45) is 1.95. The van der Waals surface area contributed by atoms with Gasteiger partial charge in [-0.15, -0.1) is 0 Å². The van der Waals surface area contributed by atoms with Gasteiger partial charge in [0, 0.05) is 19.5 Å². The van der Waals surface area contributed by atoms with Gasteiger partial charge in [0.1, 0.15) is 5.75 Å². The normalized spacial score (nSPS) is 11.1. The Kier molecular flexibility index (Phi) is 7.24. The quantitative estimate of drug-likeness (QED) is 0.714. The lowest BCUT2D eigenvalue weighted by molar-refractivity contribution is -0.120. The van der Waals surface area contributed by atoms with Crippen LogP contribution >= 0.6 is 0 Å². The summed E-state index contributed by atoms with van der Waals surface area (Å²) >= 11 is 0. The highest BCUT2D eigenvalue weighted by Gasteiger charge is 2.18. The van der Waals surface area contributed by atoms with Crippen molar-refractivity contribution in [3.63, 3.8) is 0 Å². The fraction of sp³-hybridized carbons (Fsp3) is 0.350. The van der Waals surface area contributed by atoms with Crippen molar-refractivity contribution in [2.24, 2.45) is 0 Å². The number of hydrogen-bond acceptors (Lipinski definition) is 4. The molecule has 0 atom stereocenters. The van der Waals surface area contributed by atoms with Crippen LogP contribution in [0.25, 0.3) is 0 Å². The van der Waals surface area contributed by atoms with E-state index in [1.807, 2.05) is 37.3 Å². The van der Waals surface area contributed by atoms with E-state index in [-0.39, 0.29) is 18.9 Å². The molecule has 6 nitrogen and oxygen atoms in total. The zero-order valence-electron chi connectivity index (χ0n) is 15.9. The third kappa shape index (κ3) is 6.60. The molecule has 27 heavy (non-hydrogen) atoms. The molecular weight excluding hydrogens is 364 g/mol. The highest BCUT2D eigenvalue weighted by molar-refractivity contribution is 7.92. The molecule has 0 heterocycles. The lowest BCUT2D eigenvalue weighted by Gasteiger charge is -2.22. The van der Waals surface area contributed by atoms with E-state index in [1.54, 1.807) is 25.3 Å². The molecule has 0 unspecified atom stereocenters. The molecule has 0 aliphatic heterocycles. The Bertz CT molecular complexity index is 864. The molecule has 2 rings (SSSR count). The van der Waals surface area contributed by atoms with Crippen molar-refractivity contribution in [2.45, 2.75) is 19.8 Å². The van der Waals surface area contributed by atoms with E-state index in [0.717, 1.165) is 23.1 Å². The van der Waals surface area contributed by atoms with Crippen molar-refractivity contribution in [3.8, 4) is 5.75 Å². The summed E-state index contributed by atoms with van der Waals surface area (Å²) in [6.45, 7) is 2.50. The van der Waals surface area contributed by atoms with Gasteiger partial charge in [-0.25, -0.2) is 8.42 Å². The van der Waals surface area contributed by atoms with E-state index < -0.39 is 10.0 Å². The van der Waals surface area contributed by atoms with Crippen molar-refractivity contribution < 1.29 is 17.9 Å². The second-order valence-electron chi connectivity index (χ2n) is 6.37. The zero-order chi connectivity index (χ0) is 19.9. The lowest BCUT2D eigenvalue weighted by atomic mass is 10.1. The maximum absolute atomic E-state index is 12.1. The molecule has 0 bridgehead atoms. The molecule has 0 spiro atoms. The second-order valence-corrected chi connectivity index (χ2v) is 8.28. The largest absolute Gasteiger partial charge is 0.497 e. The maximum Gasteiger partial charge on any atom is 0.232 e. The molecule has 2 aromatic carbocycles. The Labute approximate surface area is 161 Å². The van der Waals surface area contributed by atoms with Crippen molar-refractivity contribution in [1.82, 2.24) is 5.32 Å². The summed E-state index contributed by atoms with van der Waals surface area (Å²) in [5.74, 6) is 0.615. The van der Waals surface area contributed by atoms with E-state index in [0.29, 0.717) is 18.7 Å². The van der Waals surface area contributed by atoms with Crippen LogP contribution in [-0.2, 0) is 21.2 Å². The van der Waals surface area contributed by atoms with Crippen LogP contribution in [0, 0.1) is 6.92 Å². The van der Waals surface area contributed by atoms with Crippen LogP contribution < -0.4 is 14.4 Å². The minimum absolute atomic E-state index is 0.101. The molecule has 0 aliphatic rings. The molecule has 0 saturated heterocycles. The van der Waals surface area contributed by atoms with Gasteiger partial charge in [0.05, 0.1) is 19.1 Å². The van der Waals surface area contributed by atoms with Gasteiger partial charge >= 0.3 is 0 Å². The summed E-state index contributed by atoms with van der Waals surface area (Å²) in [5.41, 5.74) is 2.63. The smallest absolute Gasteiger partial charge is 0.232 e. The monoisotopic (exact) mass is 390 g/mol. The van der Waals surface area contributed by atoms with Crippen molar-refractivity contribution >= 4 is 21.6 Å². The number of ether oxygens (including phenoxy) is 1. The van der Waals surface area contributed by atoms with Gasteiger partial charge in [0.2, 0.25) is 15.9 Å². The van der Waals surface area contributed by atoms with Gasteiger partial charge in [-0.1, -0.05) is 24.3 Å². The second kappa shape index (κ2) is 9.41. The summed E-state index contributed by atoms with van der Waals surface area (Å²) in [5, 5.41) is 2.84. The number of aryl methyl sites for hydroxylation is 1. The van der Waals surface area contributed by atoms with Crippen LogP contribution in [0.2, 0.25) is 0 Å². The minimum atomic E-state index is -3.46. The first kappa shape index (κ1) is 20.8. The summed E-state index contributed by atoms with van der Waals surface area (Å²) < 4.78 is 30.6. The van der Waals surface area contributed by atoms with Crippen molar-refractivity contribution in [1.29, 1.82) is 0 Å². The highest BCUT2D eigenvalue weighted by atomic mass is 32.2. The Morgan fingerprint density at radius 2 is 1.85 bits per heavy atom. The number of hydrogen-bond donors (Lipinski definition) is 1. The standard InChI is InChI=1S/C20H26N2O4S/c1-16-5-4-6-18(15-16)22(27(3,24)25)14-12-20(23)21-13-11-17-7-9-19(26-2)10-8-17/h4-10,15H,11-14H2,1-3H3,(H,21,23). The number of amides is 1. The third-order valence-corrected chi connectivity index (χ3v) is 5.32. The average Bonchev–Trinajstić information content (AvgIpc) is 2.61. The van der Waals surface area contributed by atoms with E-state index in [1.165, 1.54) is 4.31 Å². The number of nitrogens with zero attached hydrogens (tertiary/aromatic N) is 1. The molecule has 0 radical (unpaired) electrons. The molecule has 1 amide bonds. The Morgan fingerprint density at radius 1 is 1.15 bits per heavy atom. The zero-order valence-corrected chi connectivity index (χ0v) is 16.8. The predicted octanol–water partition coefficient (Wildman–Crippen LogP) is 2.52. The van der Waals surface area contributed by atoms with Gasteiger partial charge in [0.25, 0.3) is 0 Å². The minimum Gasteiger partial charge on any atom is -0.497 e. The topological polar surface area (TPSA) is 75.7 Å². The Balaban J connectivity index is 1.86. The SMILES string of the molecule is COc1ccc(CCNC(=O)CCN(c2cccc(C)c2)S(C)(=O)=O)cc1. The van der Waals surface area contributed by atoms with Gasteiger partial charge in [-0.3, -0.25) is 9.10 Å². The molecule has 2 aromatic rings. The average molecular weight is 391 g/mol. The van der Waals surface area contributed by atoms with Gasteiger partial charge in [-0.2, -0.15) is 0 Å². The number of methoxy groups -OCH3 is 1. The van der Waals surface area contributed by atoms with Gasteiger partial charge in [0.15, 0.2) is 0 Å². The van der Waals surface area contributed by atoms with E-state index in [2.05, 4.69) is 5.32 Å². The van der Waals surface area contributed by atoms with E-state index in [4.69, 9.17) is 4.74 Å². The first-order valence-electron chi connectivity index (χ1n) is 8.73. The first-order chi connectivity index (χ1) is 12.8. The van der Waals surface area contributed by atoms with E-state index in [9.17, 15) is 13.2 Å². The van der Waals surface area contributed by atoms with Crippen LogP contribution in [0.5, 0.6) is 5.75 Å². The summed E-state index contributed by atoms with van der Waals surface area (Å²) in [6, 6.07) is 14.9. The number of rotatable bonds is 9. The van der Waals surface area contributed by atoms with Crippen LogP contribution in [0.1, 0.15) is 17.5 Å². The van der Waals surface area contributed by atoms with Crippen molar-refractivity contribution in [3.05, 3.63) is 59.7 Å². The lowest BCUT2D eigenvalue weighted by Crippen LogP contribution is -2.35. The molecular formula is C20H26N2O4S. The third-order valence-electron chi connectivity index (χ3n) is 4.13.